The van der Waals surface area contributed by atoms with Crippen molar-refractivity contribution in [2.45, 2.75) is 38.2 Å². The number of carbonyl (C=O) groups excluding carboxylic acids is 1. The van der Waals surface area contributed by atoms with E-state index in [1.807, 2.05) is 5.38 Å². The van der Waals surface area contributed by atoms with Gasteiger partial charge in [0.25, 0.3) is 0 Å². The molecule has 4 heteroatoms. The number of ether oxygens (including phenoxy) is 1. The van der Waals surface area contributed by atoms with Crippen molar-refractivity contribution in [2.75, 3.05) is 7.11 Å². The molecule has 1 aliphatic carbocycles. The predicted molar refractivity (Wildman–Crippen MR) is 62.6 cm³/mol. The lowest BCUT2D eigenvalue weighted by Crippen LogP contribution is -2.10. The van der Waals surface area contributed by atoms with Gasteiger partial charge in [0.15, 0.2) is 0 Å². The molecule has 0 aliphatic heterocycles. The van der Waals surface area contributed by atoms with Crippen molar-refractivity contribution in [2.24, 2.45) is 0 Å². The number of carbonyl (C=O) groups is 1. The van der Waals surface area contributed by atoms with Crippen LogP contribution < -0.4 is 0 Å². The van der Waals surface area contributed by atoms with Gasteiger partial charge < -0.3 is 9.84 Å². The molecular weight excluding hydrogens is 224 g/mol. The van der Waals surface area contributed by atoms with Crippen LogP contribution in [0.3, 0.4) is 0 Å². The maximum Gasteiger partial charge on any atom is 0.308 e. The molecule has 0 bridgehead atoms. The Balaban J connectivity index is 2.14. The van der Waals surface area contributed by atoms with Crippen molar-refractivity contribution < 1.29 is 14.6 Å². The van der Waals surface area contributed by atoms with Gasteiger partial charge in [-0.2, -0.15) is 0 Å². The van der Waals surface area contributed by atoms with E-state index in [9.17, 15) is 9.90 Å². The van der Waals surface area contributed by atoms with Crippen LogP contribution in [0, 0.1) is 0 Å². The highest BCUT2D eigenvalue weighted by Gasteiger charge is 2.22. The van der Waals surface area contributed by atoms with Crippen molar-refractivity contribution in [1.82, 2.24) is 0 Å². The van der Waals surface area contributed by atoms with Gasteiger partial charge in [-0.1, -0.05) is 0 Å². The minimum Gasteiger partial charge on any atom is -0.469 e. The molecule has 0 radical (unpaired) electrons. The van der Waals surface area contributed by atoms with E-state index < -0.39 is 6.10 Å². The van der Waals surface area contributed by atoms with Crippen LogP contribution in [-0.4, -0.2) is 18.2 Å². The van der Waals surface area contributed by atoms with Crippen LogP contribution in [0.2, 0.25) is 0 Å². The maximum absolute atomic E-state index is 11.1. The number of aryl methyl sites for hydroxylation is 1. The normalized spacial score (nSPS) is 16.6. The Labute approximate surface area is 99.1 Å². The molecule has 1 unspecified atom stereocenters. The first kappa shape index (κ1) is 11.6. The summed E-state index contributed by atoms with van der Waals surface area (Å²) in [7, 11) is 1.35. The van der Waals surface area contributed by atoms with Gasteiger partial charge in [0, 0.05) is 4.88 Å². The van der Waals surface area contributed by atoms with Crippen molar-refractivity contribution in [3.63, 3.8) is 0 Å². The third-order valence-electron chi connectivity index (χ3n) is 3.04. The van der Waals surface area contributed by atoms with E-state index in [2.05, 4.69) is 4.74 Å². The maximum atomic E-state index is 11.1. The lowest BCUT2D eigenvalue weighted by molar-refractivity contribution is -0.142. The molecule has 0 spiro atoms. The van der Waals surface area contributed by atoms with Crippen LogP contribution in [0.1, 0.15) is 41.4 Å². The van der Waals surface area contributed by atoms with Gasteiger partial charge in [0.2, 0.25) is 0 Å². The summed E-state index contributed by atoms with van der Waals surface area (Å²) in [5.41, 5.74) is 2.21. The zero-order valence-corrected chi connectivity index (χ0v) is 10.2. The number of hydrogen-bond acceptors (Lipinski definition) is 4. The number of rotatable bonds is 3. The molecule has 1 aromatic rings. The van der Waals surface area contributed by atoms with E-state index >= 15 is 0 Å². The molecule has 0 fully saturated rings. The van der Waals surface area contributed by atoms with Gasteiger partial charge in [-0.05, 0) is 42.2 Å². The Hall–Kier alpha value is -0.870. The second kappa shape index (κ2) is 4.97. The minimum absolute atomic E-state index is 0.0552. The van der Waals surface area contributed by atoms with Gasteiger partial charge in [-0.25, -0.2) is 0 Å². The SMILES string of the molecule is COC(=O)CC(O)c1csc2c1CCCC2. The number of hydrogen-bond donors (Lipinski definition) is 1. The number of aliphatic hydroxyl groups excluding tert-OH is 1. The van der Waals surface area contributed by atoms with E-state index in [1.54, 1.807) is 11.3 Å². The molecule has 1 aliphatic rings. The zero-order valence-electron chi connectivity index (χ0n) is 9.36. The van der Waals surface area contributed by atoms with Crippen molar-refractivity contribution in [3.8, 4) is 0 Å². The molecule has 0 saturated heterocycles. The molecule has 2 rings (SSSR count). The van der Waals surface area contributed by atoms with Crippen LogP contribution in [0.5, 0.6) is 0 Å². The van der Waals surface area contributed by atoms with E-state index in [-0.39, 0.29) is 12.4 Å². The highest BCUT2D eigenvalue weighted by atomic mass is 32.1. The number of esters is 1. The lowest BCUT2D eigenvalue weighted by atomic mass is 9.93. The molecule has 88 valence electrons. The standard InChI is InChI=1S/C12H16O3S/c1-15-12(14)6-10(13)9-7-16-11-5-3-2-4-8(9)11/h7,10,13H,2-6H2,1H3. The summed E-state index contributed by atoms with van der Waals surface area (Å²) >= 11 is 1.70. The second-order valence-corrected chi connectivity index (χ2v) is 5.06. The molecule has 16 heavy (non-hydrogen) atoms. The number of fused-ring (bicyclic) bond motifs is 1. The first-order valence-corrected chi connectivity index (χ1v) is 6.44. The predicted octanol–water partition coefficient (Wildman–Crippen LogP) is 2.22. The molecule has 1 N–H and O–H groups in total. The van der Waals surface area contributed by atoms with Gasteiger partial charge in [0.05, 0.1) is 19.6 Å². The van der Waals surface area contributed by atoms with Crippen LogP contribution in [0.25, 0.3) is 0 Å². The topological polar surface area (TPSA) is 46.5 Å². The molecule has 1 heterocycles. The fraction of sp³-hybridized carbons (Fsp3) is 0.583. The summed E-state index contributed by atoms with van der Waals surface area (Å²) < 4.78 is 4.57. The fourth-order valence-electron chi connectivity index (χ4n) is 2.15. The third kappa shape index (κ3) is 2.28. The minimum atomic E-state index is -0.703. The second-order valence-electron chi connectivity index (χ2n) is 4.10. The fourth-order valence-corrected chi connectivity index (χ4v) is 3.34. The van der Waals surface area contributed by atoms with Gasteiger partial charge >= 0.3 is 5.97 Å². The Morgan fingerprint density at radius 1 is 1.56 bits per heavy atom. The highest BCUT2D eigenvalue weighted by molar-refractivity contribution is 7.10. The Morgan fingerprint density at radius 3 is 3.06 bits per heavy atom. The van der Waals surface area contributed by atoms with Crippen molar-refractivity contribution in [3.05, 3.63) is 21.4 Å². The van der Waals surface area contributed by atoms with Gasteiger partial charge in [0.1, 0.15) is 0 Å². The largest absolute Gasteiger partial charge is 0.469 e. The monoisotopic (exact) mass is 240 g/mol. The third-order valence-corrected chi connectivity index (χ3v) is 4.15. The van der Waals surface area contributed by atoms with Crippen LogP contribution in [0.15, 0.2) is 5.38 Å². The number of thiophene rings is 1. The molecule has 0 aromatic carbocycles. The summed E-state index contributed by atoms with van der Waals surface area (Å²) in [4.78, 5) is 12.5. The smallest absolute Gasteiger partial charge is 0.308 e. The van der Waals surface area contributed by atoms with E-state index in [0.717, 1.165) is 18.4 Å². The highest BCUT2D eigenvalue weighted by Crippen LogP contribution is 2.34. The van der Waals surface area contributed by atoms with Crippen molar-refractivity contribution >= 4 is 17.3 Å². The van der Waals surface area contributed by atoms with Crippen LogP contribution >= 0.6 is 11.3 Å². The summed E-state index contributed by atoms with van der Waals surface area (Å²) in [5.74, 6) is -0.358. The number of methoxy groups -OCH3 is 1. The summed E-state index contributed by atoms with van der Waals surface area (Å²) in [6.45, 7) is 0. The molecule has 3 nitrogen and oxygen atoms in total. The first-order valence-electron chi connectivity index (χ1n) is 5.56. The quantitative estimate of drug-likeness (QED) is 0.824. The Morgan fingerprint density at radius 2 is 2.31 bits per heavy atom. The molecular formula is C12H16O3S. The average Bonchev–Trinajstić information content (AvgIpc) is 2.72. The summed E-state index contributed by atoms with van der Waals surface area (Å²) in [5, 5.41) is 12.0. The zero-order chi connectivity index (χ0) is 11.5. The van der Waals surface area contributed by atoms with E-state index in [1.165, 1.54) is 30.4 Å². The van der Waals surface area contributed by atoms with Gasteiger partial charge in [-0.15, -0.1) is 11.3 Å². The van der Waals surface area contributed by atoms with Crippen LogP contribution in [0.4, 0.5) is 0 Å². The molecule has 1 atom stereocenters. The lowest BCUT2D eigenvalue weighted by Gasteiger charge is -2.15. The average molecular weight is 240 g/mol. The van der Waals surface area contributed by atoms with E-state index in [0.29, 0.717) is 0 Å². The summed E-state index contributed by atoms with van der Waals surface area (Å²) in [6.07, 6.45) is 3.92. The molecule has 1 aromatic heterocycles. The first-order chi connectivity index (χ1) is 7.72. The van der Waals surface area contributed by atoms with Crippen molar-refractivity contribution in [1.29, 1.82) is 0 Å². The molecule has 0 saturated carbocycles. The molecule has 0 amide bonds. The summed E-state index contributed by atoms with van der Waals surface area (Å²) in [6, 6.07) is 0. The Kier molecular flexibility index (Phi) is 3.61. The van der Waals surface area contributed by atoms with E-state index in [4.69, 9.17) is 0 Å². The Bertz CT molecular complexity index is 384. The van der Waals surface area contributed by atoms with Crippen LogP contribution in [-0.2, 0) is 22.4 Å². The van der Waals surface area contributed by atoms with Gasteiger partial charge in [-0.3, -0.25) is 4.79 Å². The number of aliphatic hydroxyl groups is 1.